The number of benzene rings is 1. The smallest absolute Gasteiger partial charge is 0.173 e. The summed E-state index contributed by atoms with van der Waals surface area (Å²) in [5, 5.41) is 5.69. The number of anilines is 1. The van der Waals surface area contributed by atoms with Gasteiger partial charge >= 0.3 is 0 Å². The minimum atomic E-state index is -0.292. The van der Waals surface area contributed by atoms with Crippen molar-refractivity contribution in [3.05, 3.63) is 52.5 Å². The lowest BCUT2D eigenvalue weighted by molar-refractivity contribution is 0.0368. The third-order valence-electron chi connectivity index (χ3n) is 4.34. The summed E-state index contributed by atoms with van der Waals surface area (Å²) in [6, 6.07) is 10.8. The number of ether oxygens (including phenoxy) is 1. The number of morpholine rings is 1. The number of para-hydroxylation sites is 1. The van der Waals surface area contributed by atoms with Gasteiger partial charge in [0, 0.05) is 31.1 Å². The molecule has 0 atom stereocenters. The van der Waals surface area contributed by atoms with Gasteiger partial charge in [-0.25, -0.2) is 4.39 Å². The minimum Gasteiger partial charge on any atom is -0.379 e. The van der Waals surface area contributed by atoms with E-state index in [4.69, 9.17) is 17.0 Å². The summed E-state index contributed by atoms with van der Waals surface area (Å²) < 4.78 is 19.3. The van der Waals surface area contributed by atoms with Crippen LogP contribution in [0.5, 0.6) is 0 Å². The molecular weight excluding hydrogens is 369 g/mol. The highest BCUT2D eigenvalue weighted by molar-refractivity contribution is 7.80. The van der Waals surface area contributed by atoms with Crippen molar-refractivity contribution in [1.82, 2.24) is 9.80 Å². The molecule has 1 saturated heterocycles. The molecule has 1 fully saturated rings. The van der Waals surface area contributed by atoms with E-state index in [0.29, 0.717) is 10.8 Å². The second-order valence-corrected chi connectivity index (χ2v) is 7.64. The summed E-state index contributed by atoms with van der Waals surface area (Å²) in [6.07, 6.45) is 1.00. The maximum Gasteiger partial charge on any atom is 0.173 e. The number of nitrogens with one attached hydrogen (secondary N) is 1. The van der Waals surface area contributed by atoms with E-state index in [0.717, 1.165) is 52.4 Å². The summed E-state index contributed by atoms with van der Waals surface area (Å²) in [4.78, 5) is 5.78. The zero-order valence-corrected chi connectivity index (χ0v) is 16.3. The van der Waals surface area contributed by atoms with Gasteiger partial charge in [0.1, 0.15) is 5.82 Å². The fourth-order valence-electron chi connectivity index (χ4n) is 2.91. The lowest BCUT2D eigenvalue weighted by Gasteiger charge is -2.29. The second-order valence-electron chi connectivity index (χ2n) is 6.22. The normalized spacial score (nSPS) is 15.0. The molecule has 0 spiro atoms. The third-order valence-corrected chi connectivity index (χ3v) is 5.56. The van der Waals surface area contributed by atoms with Crippen LogP contribution < -0.4 is 5.32 Å². The van der Waals surface area contributed by atoms with Crippen LogP contribution in [0.1, 0.15) is 11.3 Å². The van der Waals surface area contributed by atoms with Gasteiger partial charge in [0.25, 0.3) is 0 Å². The first-order valence-corrected chi connectivity index (χ1v) is 10.1. The second kappa shape index (κ2) is 9.97. The topological polar surface area (TPSA) is 27.7 Å². The summed E-state index contributed by atoms with van der Waals surface area (Å²) in [5.74, 6) is -0.292. The Labute approximate surface area is 163 Å². The molecule has 0 unspecified atom stereocenters. The predicted octanol–water partition coefficient (Wildman–Crippen LogP) is 3.81. The summed E-state index contributed by atoms with van der Waals surface area (Å²) >= 11 is 7.29. The van der Waals surface area contributed by atoms with Gasteiger partial charge in [-0.05, 0) is 42.2 Å². The number of halogens is 1. The van der Waals surface area contributed by atoms with Crippen molar-refractivity contribution in [2.75, 3.05) is 44.7 Å². The van der Waals surface area contributed by atoms with Crippen LogP contribution in [0.15, 0.2) is 41.8 Å². The number of hydrogen-bond acceptors (Lipinski definition) is 4. The van der Waals surface area contributed by atoms with Crippen LogP contribution in [0.3, 0.4) is 0 Å². The van der Waals surface area contributed by atoms with Crippen LogP contribution in [-0.2, 0) is 11.3 Å². The van der Waals surface area contributed by atoms with Crippen molar-refractivity contribution >= 4 is 34.4 Å². The Kier molecular flexibility index (Phi) is 7.37. The molecule has 3 rings (SSSR count). The quantitative estimate of drug-likeness (QED) is 0.722. The number of nitrogens with zero attached hydrogens (tertiary/aromatic N) is 2. The van der Waals surface area contributed by atoms with Crippen molar-refractivity contribution in [2.24, 2.45) is 0 Å². The van der Waals surface area contributed by atoms with Crippen molar-refractivity contribution < 1.29 is 9.13 Å². The van der Waals surface area contributed by atoms with Gasteiger partial charge in [-0.15, -0.1) is 11.3 Å². The van der Waals surface area contributed by atoms with Gasteiger partial charge in [-0.2, -0.15) is 0 Å². The predicted molar refractivity (Wildman–Crippen MR) is 109 cm³/mol. The highest BCUT2D eigenvalue weighted by Crippen LogP contribution is 2.17. The molecule has 0 aliphatic carbocycles. The van der Waals surface area contributed by atoms with Gasteiger partial charge in [0.15, 0.2) is 5.11 Å². The van der Waals surface area contributed by atoms with Crippen molar-refractivity contribution in [3.63, 3.8) is 0 Å². The number of thiophene rings is 1. The van der Waals surface area contributed by atoms with Crippen LogP contribution in [0.4, 0.5) is 10.1 Å². The maximum absolute atomic E-state index is 13.9. The zero-order valence-electron chi connectivity index (χ0n) is 14.7. The molecule has 0 bridgehead atoms. The molecule has 1 N–H and O–H groups in total. The van der Waals surface area contributed by atoms with Crippen LogP contribution in [0, 0.1) is 5.82 Å². The average Bonchev–Trinajstić information content (AvgIpc) is 3.17. The minimum absolute atomic E-state index is 0.292. The Bertz CT molecular complexity index is 690. The molecule has 26 heavy (non-hydrogen) atoms. The summed E-state index contributed by atoms with van der Waals surface area (Å²) in [5.41, 5.74) is 0.418. The van der Waals surface area contributed by atoms with E-state index in [1.54, 1.807) is 29.5 Å². The molecule has 140 valence electrons. The van der Waals surface area contributed by atoms with E-state index in [1.807, 2.05) is 6.07 Å². The first kappa shape index (κ1) is 19.2. The highest BCUT2D eigenvalue weighted by atomic mass is 32.1. The van der Waals surface area contributed by atoms with Gasteiger partial charge < -0.3 is 15.0 Å². The molecule has 7 heteroatoms. The third kappa shape index (κ3) is 5.74. The van der Waals surface area contributed by atoms with E-state index in [9.17, 15) is 4.39 Å². The largest absolute Gasteiger partial charge is 0.379 e. The van der Waals surface area contributed by atoms with Crippen LogP contribution in [0.25, 0.3) is 0 Å². The Morgan fingerprint density at radius 1 is 1.23 bits per heavy atom. The molecule has 0 radical (unpaired) electrons. The Morgan fingerprint density at radius 2 is 2.04 bits per heavy atom. The average molecular weight is 394 g/mol. The fourth-order valence-corrected chi connectivity index (χ4v) is 3.90. The molecule has 1 aliphatic heterocycles. The molecule has 1 aromatic heterocycles. The van der Waals surface area contributed by atoms with Gasteiger partial charge in [0.2, 0.25) is 0 Å². The molecule has 1 aliphatic rings. The van der Waals surface area contributed by atoms with Gasteiger partial charge in [0.05, 0.1) is 25.4 Å². The first-order chi connectivity index (χ1) is 12.7. The lowest BCUT2D eigenvalue weighted by atomic mass is 10.3. The maximum atomic E-state index is 13.9. The van der Waals surface area contributed by atoms with Gasteiger partial charge in [-0.3, -0.25) is 4.90 Å². The summed E-state index contributed by atoms with van der Waals surface area (Å²) in [7, 11) is 0. The molecule has 2 aromatic rings. The molecule has 0 saturated carbocycles. The standard InChI is InChI=1S/C19H24FN3OS2/c20-17-6-1-2-7-18(17)21-19(25)23(15-16-5-3-14-26-16)9-4-8-22-10-12-24-13-11-22/h1-3,5-7,14H,4,8-13,15H2,(H,21,25). The molecule has 0 amide bonds. The van der Waals surface area contributed by atoms with E-state index in [2.05, 4.69) is 26.6 Å². The monoisotopic (exact) mass is 393 g/mol. The van der Waals surface area contributed by atoms with Crippen molar-refractivity contribution in [3.8, 4) is 0 Å². The molecule has 2 heterocycles. The van der Waals surface area contributed by atoms with Crippen LogP contribution >= 0.6 is 23.6 Å². The highest BCUT2D eigenvalue weighted by Gasteiger charge is 2.15. The Hall–Kier alpha value is -1.54. The molecular formula is C19H24FN3OS2. The first-order valence-electron chi connectivity index (χ1n) is 8.85. The van der Waals surface area contributed by atoms with Crippen LogP contribution in [0.2, 0.25) is 0 Å². The molecule has 1 aromatic carbocycles. The van der Waals surface area contributed by atoms with Crippen molar-refractivity contribution in [1.29, 1.82) is 0 Å². The number of thiocarbonyl (C=S) groups is 1. The van der Waals surface area contributed by atoms with Crippen molar-refractivity contribution in [2.45, 2.75) is 13.0 Å². The zero-order chi connectivity index (χ0) is 18.2. The number of hydrogen-bond donors (Lipinski definition) is 1. The van der Waals surface area contributed by atoms with E-state index in [1.165, 1.54) is 10.9 Å². The Balaban J connectivity index is 1.58. The van der Waals surface area contributed by atoms with E-state index in [-0.39, 0.29) is 5.82 Å². The van der Waals surface area contributed by atoms with E-state index >= 15 is 0 Å². The SMILES string of the molecule is Fc1ccccc1NC(=S)N(CCCN1CCOCC1)Cc1cccs1. The Morgan fingerprint density at radius 3 is 2.77 bits per heavy atom. The fraction of sp³-hybridized carbons (Fsp3) is 0.421. The van der Waals surface area contributed by atoms with Gasteiger partial charge in [-0.1, -0.05) is 18.2 Å². The number of rotatable bonds is 7. The summed E-state index contributed by atoms with van der Waals surface area (Å²) in [6.45, 7) is 6.19. The van der Waals surface area contributed by atoms with Crippen LogP contribution in [-0.4, -0.2) is 54.3 Å². The lowest BCUT2D eigenvalue weighted by Crippen LogP contribution is -2.40. The van der Waals surface area contributed by atoms with E-state index < -0.39 is 0 Å². The molecule has 4 nitrogen and oxygen atoms in total.